The Labute approximate surface area is 116 Å². The Morgan fingerprint density at radius 1 is 1.37 bits per heavy atom. The van der Waals surface area contributed by atoms with Gasteiger partial charge in [0.15, 0.2) is 0 Å². The summed E-state index contributed by atoms with van der Waals surface area (Å²) in [6.07, 6.45) is 1.55. The van der Waals surface area contributed by atoms with Crippen LogP contribution in [0.5, 0.6) is 0 Å². The van der Waals surface area contributed by atoms with E-state index in [0.717, 1.165) is 26.1 Å². The van der Waals surface area contributed by atoms with E-state index in [2.05, 4.69) is 54.4 Å². The fourth-order valence-electron chi connectivity index (χ4n) is 2.97. The predicted octanol–water partition coefficient (Wildman–Crippen LogP) is 2.45. The van der Waals surface area contributed by atoms with Crippen LogP contribution in [-0.2, 0) is 4.74 Å². The van der Waals surface area contributed by atoms with Crippen molar-refractivity contribution in [2.45, 2.75) is 38.5 Å². The van der Waals surface area contributed by atoms with E-state index < -0.39 is 0 Å². The van der Waals surface area contributed by atoms with Gasteiger partial charge in [0.05, 0.1) is 6.10 Å². The summed E-state index contributed by atoms with van der Waals surface area (Å²) in [5, 5.41) is 3.63. The molecule has 1 aromatic carbocycles. The molecule has 3 heteroatoms. The molecule has 1 heterocycles. The Morgan fingerprint density at radius 3 is 2.68 bits per heavy atom. The number of benzene rings is 1. The highest BCUT2D eigenvalue weighted by molar-refractivity contribution is 5.20. The second-order valence-corrected chi connectivity index (χ2v) is 5.33. The van der Waals surface area contributed by atoms with Gasteiger partial charge >= 0.3 is 0 Å². The van der Waals surface area contributed by atoms with Crippen molar-refractivity contribution in [2.24, 2.45) is 0 Å². The number of methoxy groups -OCH3 is 1. The van der Waals surface area contributed by atoms with Crippen LogP contribution in [0.4, 0.5) is 0 Å². The topological polar surface area (TPSA) is 24.5 Å². The van der Waals surface area contributed by atoms with Gasteiger partial charge < -0.3 is 10.1 Å². The van der Waals surface area contributed by atoms with Crippen molar-refractivity contribution in [3.63, 3.8) is 0 Å². The van der Waals surface area contributed by atoms with Crippen LogP contribution in [0.3, 0.4) is 0 Å². The summed E-state index contributed by atoms with van der Waals surface area (Å²) in [5.41, 5.74) is 1.37. The first-order valence-corrected chi connectivity index (χ1v) is 7.31. The molecule has 3 atom stereocenters. The van der Waals surface area contributed by atoms with Crippen LogP contribution in [0.1, 0.15) is 31.9 Å². The van der Waals surface area contributed by atoms with E-state index in [1.807, 2.05) is 7.11 Å². The number of likely N-dealkylation sites (N-methyl/N-ethyl adjacent to an activating group) is 1. The van der Waals surface area contributed by atoms with E-state index in [1.165, 1.54) is 5.56 Å². The van der Waals surface area contributed by atoms with Crippen LogP contribution in [0.2, 0.25) is 0 Å². The number of nitrogens with one attached hydrogen (secondary N) is 1. The SMILES string of the molecule is CCNC(c1ccccc1)C(C)N1CCC(OC)C1. The molecule has 0 amide bonds. The molecule has 0 radical (unpaired) electrons. The normalized spacial score (nSPS) is 23.4. The Balaban J connectivity index is 2.07. The van der Waals surface area contributed by atoms with Crippen molar-refractivity contribution in [3.8, 4) is 0 Å². The predicted molar refractivity (Wildman–Crippen MR) is 79.3 cm³/mol. The van der Waals surface area contributed by atoms with Gasteiger partial charge in [0, 0.05) is 32.3 Å². The molecular weight excluding hydrogens is 236 g/mol. The molecule has 0 bridgehead atoms. The molecule has 3 nitrogen and oxygen atoms in total. The van der Waals surface area contributed by atoms with Gasteiger partial charge in [-0.05, 0) is 25.5 Å². The fraction of sp³-hybridized carbons (Fsp3) is 0.625. The van der Waals surface area contributed by atoms with Crippen LogP contribution in [0, 0.1) is 0 Å². The van der Waals surface area contributed by atoms with Crippen LogP contribution < -0.4 is 5.32 Å². The maximum absolute atomic E-state index is 5.47. The molecule has 19 heavy (non-hydrogen) atoms. The van der Waals surface area contributed by atoms with E-state index in [-0.39, 0.29) is 0 Å². The van der Waals surface area contributed by atoms with Crippen molar-refractivity contribution in [2.75, 3.05) is 26.7 Å². The molecule has 1 aromatic rings. The number of hydrogen-bond acceptors (Lipinski definition) is 3. The minimum atomic E-state index is 0.391. The van der Waals surface area contributed by atoms with Gasteiger partial charge in [-0.25, -0.2) is 0 Å². The van der Waals surface area contributed by atoms with Crippen molar-refractivity contribution < 1.29 is 4.74 Å². The van der Waals surface area contributed by atoms with Gasteiger partial charge in [-0.1, -0.05) is 37.3 Å². The first-order valence-electron chi connectivity index (χ1n) is 7.31. The van der Waals surface area contributed by atoms with Crippen LogP contribution in [0.25, 0.3) is 0 Å². The highest BCUT2D eigenvalue weighted by atomic mass is 16.5. The Morgan fingerprint density at radius 2 is 2.11 bits per heavy atom. The lowest BCUT2D eigenvalue weighted by Crippen LogP contribution is -2.42. The van der Waals surface area contributed by atoms with Gasteiger partial charge in [0.25, 0.3) is 0 Å². The molecule has 0 aromatic heterocycles. The monoisotopic (exact) mass is 262 g/mol. The first kappa shape index (κ1) is 14.5. The third-order valence-corrected chi connectivity index (χ3v) is 4.15. The maximum atomic E-state index is 5.47. The summed E-state index contributed by atoms with van der Waals surface area (Å²) in [4.78, 5) is 2.54. The Bertz CT molecular complexity index is 368. The largest absolute Gasteiger partial charge is 0.380 e. The fourth-order valence-corrected chi connectivity index (χ4v) is 2.97. The van der Waals surface area contributed by atoms with Gasteiger partial charge in [0.2, 0.25) is 0 Å². The van der Waals surface area contributed by atoms with Crippen molar-refractivity contribution >= 4 is 0 Å². The summed E-state index contributed by atoms with van der Waals surface area (Å²) in [5.74, 6) is 0. The quantitative estimate of drug-likeness (QED) is 0.852. The Kier molecular flexibility index (Phi) is 5.37. The van der Waals surface area contributed by atoms with Crippen molar-refractivity contribution in [1.82, 2.24) is 10.2 Å². The van der Waals surface area contributed by atoms with Crippen LogP contribution >= 0.6 is 0 Å². The van der Waals surface area contributed by atoms with Crippen molar-refractivity contribution in [3.05, 3.63) is 35.9 Å². The number of nitrogens with zero attached hydrogens (tertiary/aromatic N) is 1. The van der Waals surface area contributed by atoms with E-state index in [9.17, 15) is 0 Å². The third kappa shape index (κ3) is 3.56. The lowest BCUT2D eigenvalue weighted by atomic mass is 9.99. The molecule has 3 unspecified atom stereocenters. The zero-order valence-corrected chi connectivity index (χ0v) is 12.3. The van der Waals surface area contributed by atoms with Gasteiger partial charge in [0.1, 0.15) is 0 Å². The lowest BCUT2D eigenvalue weighted by Gasteiger charge is -2.32. The number of rotatable bonds is 6. The lowest BCUT2D eigenvalue weighted by molar-refractivity contribution is 0.0977. The van der Waals surface area contributed by atoms with E-state index in [1.54, 1.807) is 0 Å². The average molecular weight is 262 g/mol. The molecule has 1 saturated heterocycles. The smallest absolute Gasteiger partial charge is 0.0710 e. The minimum absolute atomic E-state index is 0.391. The second kappa shape index (κ2) is 7.04. The summed E-state index contributed by atoms with van der Waals surface area (Å²) in [7, 11) is 1.82. The van der Waals surface area contributed by atoms with E-state index in [0.29, 0.717) is 18.2 Å². The Hall–Kier alpha value is -0.900. The molecule has 106 valence electrons. The van der Waals surface area contributed by atoms with E-state index in [4.69, 9.17) is 4.74 Å². The molecule has 1 N–H and O–H groups in total. The number of hydrogen-bond donors (Lipinski definition) is 1. The zero-order valence-electron chi connectivity index (χ0n) is 12.3. The summed E-state index contributed by atoms with van der Waals surface area (Å²) < 4.78 is 5.47. The number of likely N-dealkylation sites (tertiary alicyclic amines) is 1. The van der Waals surface area contributed by atoms with Gasteiger partial charge in [-0.15, -0.1) is 0 Å². The summed E-state index contributed by atoms with van der Waals surface area (Å²) in [6, 6.07) is 11.6. The van der Waals surface area contributed by atoms with Gasteiger partial charge in [-0.3, -0.25) is 4.90 Å². The molecule has 0 saturated carbocycles. The summed E-state index contributed by atoms with van der Waals surface area (Å²) in [6.45, 7) is 7.66. The summed E-state index contributed by atoms with van der Waals surface area (Å²) >= 11 is 0. The molecule has 1 fully saturated rings. The zero-order chi connectivity index (χ0) is 13.7. The maximum Gasteiger partial charge on any atom is 0.0710 e. The molecule has 0 aliphatic carbocycles. The van der Waals surface area contributed by atoms with Crippen LogP contribution in [-0.4, -0.2) is 43.8 Å². The second-order valence-electron chi connectivity index (χ2n) is 5.33. The van der Waals surface area contributed by atoms with Crippen molar-refractivity contribution in [1.29, 1.82) is 0 Å². The third-order valence-electron chi connectivity index (χ3n) is 4.15. The van der Waals surface area contributed by atoms with Crippen LogP contribution in [0.15, 0.2) is 30.3 Å². The van der Waals surface area contributed by atoms with E-state index >= 15 is 0 Å². The molecule has 1 aliphatic heterocycles. The first-order chi connectivity index (χ1) is 9.26. The minimum Gasteiger partial charge on any atom is -0.380 e. The van der Waals surface area contributed by atoms with Gasteiger partial charge in [-0.2, -0.15) is 0 Å². The molecular formula is C16H26N2O. The molecule has 2 rings (SSSR count). The highest BCUT2D eigenvalue weighted by Crippen LogP contribution is 2.24. The average Bonchev–Trinajstić information content (AvgIpc) is 2.94. The molecule has 1 aliphatic rings. The highest BCUT2D eigenvalue weighted by Gasteiger charge is 2.30. The number of ether oxygens (including phenoxy) is 1. The standard InChI is InChI=1S/C16H26N2O/c1-4-17-16(14-8-6-5-7-9-14)13(2)18-11-10-15(12-18)19-3/h5-9,13,15-17H,4,10-12H2,1-3H3. The molecule has 0 spiro atoms.